The fourth-order valence-electron chi connectivity index (χ4n) is 2.83. The second kappa shape index (κ2) is 12.5. The van der Waals surface area contributed by atoms with E-state index in [0.717, 1.165) is 11.6 Å². The van der Waals surface area contributed by atoms with Crippen molar-refractivity contribution in [1.29, 1.82) is 0 Å². The number of hydrogen-bond acceptors (Lipinski definition) is 5. The van der Waals surface area contributed by atoms with Gasteiger partial charge in [-0.25, -0.2) is 9.82 Å². The van der Waals surface area contributed by atoms with Crippen molar-refractivity contribution in [2.75, 3.05) is 11.9 Å². The number of nitrogens with zero attached hydrogens (tertiary/aromatic N) is 1. The molecule has 0 saturated carbocycles. The van der Waals surface area contributed by atoms with E-state index in [4.69, 9.17) is 32.7 Å². The third-order valence-corrected chi connectivity index (χ3v) is 5.48. The summed E-state index contributed by atoms with van der Waals surface area (Å²) in [4.78, 5) is 24.0. The SMILES string of the molecule is CCOc1cc(/C=N/NC(=O)C(=O)Nc2ccc(F)c(Cl)c2)cc(Br)c1OCc1cccc(Cl)c1. The summed E-state index contributed by atoms with van der Waals surface area (Å²) >= 11 is 15.2. The van der Waals surface area contributed by atoms with E-state index in [1.165, 1.54) is 18.3 Å². The van der Waals surface area contributed by atoms with E-state index >= 15 is 0 Å². The number of carbonyl (C=O) groups is 2. The molecule has 0 bridgehead atoms. The zero-order chi connectivity index (χ0) is 25.4. The first kappa shape index (κ1) is 26.5. The number of hydrazone groups is 1. The van der Waals surface area contributed by atoms with Gasteiger partial charge >= 0.3 is 11.8 Å². The predicted molar refractivity (Wildman–Crippen MR) is 137 cm³/mol. The first-order chi connectivity index (χ1) is 16.8. The van der Waals surface area contributed by atoms with Crippen LogP contribution in [0.2, 0.25) is 10.0 Å². The van der Waals surface area contributed by atoms with Crippen LogP contribution < -0.4 is 20.2 Å². The van der Waals surface area contributed by atoms with Crippen LogP contribution in [0.4, 0.5) is 10.1 Å². The molecule has 0 saturated heterocycles. The third-order valence-electron chi connectivity index (χ3n) is 4.37. The lowest BCUT2D eigenvalue weighted by molar-refractivity contribution is -0.136. The molecule has 11 heteroatoms. The topological polar surface area (TPSA) is 89.0 Å². The Morgan fingerprint density at radius 3 is 2.60 bits per heavy atom. The van der Waals surface area contributed by atoms with Gasteiger partial charge in [0, 0.05) is 10.7 Å². The van der Waals surface area contributed by atoms with Crippen LogP contribution in [0, 0.1) is 5.82 Å². The average Bonchev–Trinajstić information content (AvgIpc) is 2.81. The molecule has 3 aromatic carbocycles. The minimum atomic E-state index is -1.02. The average molecular weight is 583 g/mol. The summed E-state index contributed by atoms with van der Waals surface area (Å²) in [7, 11) is 0. The van der Waals surface area contributed by atoms with Crippen LogP contribution in [-0.2, 0) is 16.2 Å². The number of ether oxygens (including phenoxy) is 2. The zero-order valence-corrected chi connectivity index (χ0v) is 21.4. The summed E-state index contributed by atoms with van der Waals surface area (Å²) in [5.41, 5.74) is 3.75. The Bertz CT molecular complexity index is 1270. The highest BCUT2D eigenvalue weighted by Crippen LogP contribution is 2.37. The Kier molecular flexibility index (Phi) is 9.47. The molecular formula is C24H19BrCl2FN3O4. The highest BCUT2D eigenvalue weighted by molar-refractivity contribution is 9.10. The number of carbonyl (C=O) groups excluding carboxylic acids is 2. The van der Waals surface area contributed by atoms with Crippen molar-refractivity contribution in [3.8, 4) is 11.5 Å². The van der Waals surface area contributed by atoms with Gasteiger partial charge in [0.1, 0.15) is 12.4 Å². The molecule has 0 spiro atoms. The van der Waals surface area contributed by atoms with E-state index in [0.29, 0.717) is 33.2 Å². The third kappa shape index (κ3) is 7.68. The van der Waals surface area contributed by atoms with E-state index in [9.17, 15) is 14.0 Å². The lowest BCUT2D eigenvalue weighted by atomic mass is 10.2. The Morgan fingerprint density at radius 2 is 1.89 bits per heavy atom. The number of nitrogens with one attached hydrogen (secondary N) is 2. The van der Waals surface area contributed by atoms with Crippen molar-refractivity contribution in [3.05, 3.63) is 86.1 Å². The number of halogens is 4. The van der Waals surface area contributed by atoms with Gasteiger partial charge in [0.05, 0.1) is 22.3 Å². The van der Waals surface area contributed by atoms with Crippen LogP contribution in [0.5, 0.6) is 11.5 Å². The van der Waals surface area contributed by atoms with Crippen LogP contribution >= 0.6 is 39.1 Å². The molecule has 182 valence electrons. The molecule has 0 aliphatic rings. The minimum Gasteiger partial charge on any atom is -0.490 e. The minimum absolute atomic E-state index is 0.166. The monoisotopic (exact) mass is 581 g/mol. The first-order valence-electron chi connectivity index (χ1n) is 10.2. The number of hydrogen-bond donors (Lipinski definition) is 2. The highest BCUT2D eigenvalue weighted by Gasteiger charge is 2.15. The maximum atomic E-state index is 13.2. The number of amides is 2. The molecule has 0 atom stereocenters. The largest absolute Gasteiger partial charge is 0.490 e. The quantitative estimate of drug-likeness (QED) is 0.195. The Labute approximate surface area is 219 Å². The van der Waals surface area contributed by atoms with Crippen LogP contribution in [0.15, 0.2) is 64.2 Å². The molecule has 3 aromatic rings. The molecule has 0 radical (unpaired) electrons. The molecule has 0 aromatic heterocycles. The normalized spacial score (nSPS) is 10.8. The Hall–Kier alpha value is -3.14. The van der Waals surface area contributed by atoms with Crippen LogP contribution in [0.1, 0.15) is 18.1 Å². The summed E-state index contributed by atoms with van der Waals surface area (Å²) in [5.74, 6) is -1.71. The van der Waals surface area contributed by atoms with E-state index in [-0.39, 0.29) is 17.3 Å². The molecule has 2 N–H and O–H groups in total. The molecule has 2 amide bonds. The van der Waals surface area contributed by atoms with E-state index in [2.05, 4.69) is 31.8 Å². The molecule has 35 heavy (non-hydrogen) atoms. The zero-order valence-electron chi connectivity index (χ0n) is 18.3. The summed E-state index contributed by atoms with van der Waals surface area (Å²) in [6, 6.07) is 14.2. The fraction of sp³-hybridized carbons (Fsp3) is 0.125. The summed E-state index contributed by atoms with van der Waals surface area (Å²) < 4.78 is 25.4. The van der Waals surface area contributed by atoms with Gasteiger partial charge in [-0.15, -0.1) is 0 Å². The van der Waals surface area contributed by atoms with Gasteiger partial charge in [-0.2, -0.15) is 5.10 Å². The molecule has 0 aliphatic carbocycles. The summed E-state index contributed by atoms with van der Waals surface area (Å²) in [5, 5.41) is 6.54. The van der Waals surface area contributed by atoms with Gasteiger partial charge < -0.3 is 14.8 Å². The predicted octanol–water partition coefficient (Wildman–Crippen LogP) is 5.96. The fourth-order valence-corrected chi connectivity index (χ4v) is 3.79. The number of benzene rings is 3. The van der Waals surface area contributed by atoms with Gasteiger partial charge in [0.15, 0.2) is 11.5 Å². The van der Waals surface area contributed by atoms with Crippen molar-refractivity contribution < 1.29 is 23.5 Å². The van der Waals surface area contributed by atoms with Gasteiger partial charge in [-0.05, 0) is 76.4 Å². The van der Waals surface area contributed by atoms with Crippen molar-refractivity contribution in [2.24, 2.45) is 5.10 Å². The maximum Gasteiger partial charge on any atom is 0.329 e. The van der Waals surface area contributed by atoms with Gasteiger partial charge in [0.25, 0.3) is 0 Å². The lowest BCUT2D eigenvalue weighted by Crippen LogP contribution is -2.32. The van der Waals surface area contributed by atoms with Crippen LogP contribution in [0.25, 0.3) is 0 Å². The second-order valence-electron chi connectivity index (χ2n) is 6.96. The maximum absolute atomic E-state index is 13.2. The van der Waals surface area contributed by atoms with Crippen LogP contribution in [-0.4, -0.2) is 24.6 Å². The Morgan fingerprint density at radius 1 is 1.09 bits per heavy atom. The van der Waals surface area contributed by atoms with E-state index < -0.39 is 17.6 Å². The standard InChI is InChI=1S/C24H19BrCl2FN3O4/c1-2-34-21-10-15(9-18(25)22(21)35-13-14-4-3-5-16(26)8-14)12-29-31-24(33)23(32)30-17-6-7-20(28)19(27)11-17/h3-12H,2,13H2,1H3,(H,30,32)(H,31,33)/b29-12+. The molecule has 0 aliphatic heterocycles. The Balaban J connectivity index is 1.65. The molecule has 7 nitrogen and oxygen atoms in total. The van der Waals surface area contributed by atoms with Crippen molar-refractivity contribution in [1.82, 2.24) is 5.43 Å². The molecule has 0 unspecified atom stereocenters. The molecule has 0 fully saturated rings. The van der Waals surface area contributed by atoms with E-state index in [1.807, 2.05) is 19.1 Å². The lowest BCUT2D eigenvalue weighted by Gasteiger charge is -2.15. The van der Waals surface area contributed by atoms with Crippen molar-refractivity contribution in [2.45, 2.75) is 13.5 Å². The highest BCUT2D eigenvalue weighted by atomic mass is 79.9. The van der Waals surface area contributed by atoms with Crippen molar-refractivity contribution in [3.63, 3.8) is 0 Å². The second-order valence-corrected chi connectivity index (χ2v) is 8.66. The number of anilines is 1. The molecule has 3 rings (SSSR count). The summed E-state index contributed by atoms with van der Waals surface area (Å²) in [6.45, 7) is 2.50. The van der Waals surface area contributed by atoms with Gasteiger partial charge in [-0.1, -0.05) is 35.3 Å². The van der Waals surface area contributed by atoms with Gasteiger partial charge in [0.2, 0.25) is 0 Å². The van der Waals surface area contributed by atoms with E-state index in [1.54, 1.807) is 24.3 Å². The molecule has 0 heterocycles. The first-order valence-corrected chi connectivity index (χ1v) is 11.7. The smallest absolute Gasteiger partial charge is 0.329 e. The van der Waals surface area contributed by atoms with Crippen molar-refractivity contribution >= 4 is 62.8 Å². The molecular weight excluding hydrogens is 564 g/mol. The summed E-state index contributed by atoms with van der Waals surface area (Å²) in [6.07, 6.45) is 1.34. The number of rotatable bonds is 8. The van der Waals surface area contributed by atoms with Gasteiger partial charge in [-0.3, -0.25) is 9.59 Å². The van der Waals surface area contributed by atoms with Crippen LogP contribution in [0.3, 0.4) is 0 Å².